The third kappa shape index (κ3) is 10.6. The van der Waals surface area contributed by atoms with Crippen LogP contribution in [0.2, 0.25) is 11.6 Å². The van der Waals surface area contributed by atoms with Crippen molar-refractivity contribution in [1.29, 1.82) is 0 Å². The number of aromatic nitrogens is 2. The first-order valence-electron chi connectivity index (χ1n) is 20.2. The smallest absolute Gasteiger partial charge is 0.412 e. The molecule has 2 aliphatic rings. The number of piperidine rings is 1. The van der Waals surface area contributed by atoms with Crippen LogP contribution in [-0.2, 0) is 16.1 Å². The Morgan fingerprint density at radius 2 is 1.62 bits per heavy atom. The van der Waals surface area contributed by atoms with Gasteiger partial charge in [-0.25, -0.2) is 14.6 Å². The normalized spacial score (nSPS) is 17.9. The van der Waals surface area contributed by atoms with E-state index in [0.717, 1.165) is 61.5 Å². The van der Waals surface area contributed by atoms with Gasteiger partial charge in [-0.05, 0) is 75.0 Å². The Hall–Kier alpha value is -5.21. The van der Waals surface area contributed by atoms with Gasteiger partial charge < -0.3 is 34.1 Å². The lowest BCUT2D eigenvalue weighted by molar-refractivity contribution is 0.0298. The Balaban J connectivity index is 1.30. The minimum atomic E-state index is -1.38. The molecule has 2 fully saturated rings. The van der Waals surface area contributed by atoms with Crippen LogP contribution in [0, 0.1) is 5.92 Å². The molecule has 1 radical (unpaired) electrons. The summed E-state index contributed by atoms with van der Waals surface area (Å²) in [7, 11) is 0.742. The molecule has 58 heavy (non-hydrogen) atoms. The fourth-order valence-corrected chi connectivity index (χ4v) is 9.21. The number of nitrogens with one attached hydrogen (secondary N) is 2. The van der Waals surface area contributed by atoms with Crippen LogP contribution < -0.4 is 20.4 Å². The van der Waals surface area contributed by atoms with E-state index in [9.17, 15) is 14.4 Å². The van der Waals surface area contributed by atoms with Crippen LogP contribution in [-0.4, -0.2) is 104 Å². The minimum absolute atomic E-state index is 0.0406. The summed E-state index contributed by atoms with van der Waals surface area (Å²) in [5.74, 6) is -0.271. The molecular formula is C44H59N8O5Si. The lowest BCUT2D eigenvalue weighted by atomic mass is 9.95. The molecule has 2 N–H and O–H groups in total. The number of benzene rings is 2. The van der Waals surface area contributed by atoms with Crippen molar-refractivity contribution in [2.24, 2.45) is 5.92 Å². The molecule has 0 saturated carbocycles. The van der Waals surface area contributed by atoms with Crippen molar-refractivity contribution in [3.05, 3.63) is 84.3 Å². The summed E-state index contributed by atoms with van der Waals surface area (Å²) >= 11 is 0. The first-order chi connectivity index (χ1) is 27.4. The molecule has 2 saturated heterocycles. The molecular weight excluding hydrogens is 749 g/mol. The van der Waals surface area contributed by atoms with E-state index in [2.05, 4.69) is 77.7 Å². The second-order valence-electron chi connectivity index (χ2n) is 17.7. The van der Waals surface area contributed by atoms with Crippen LogP contribution in [0.15, 0.2) is 73.1 Å². The predicted molar refractivity (Wildman–Crippen MR) is 233 cm³/mol. The summed E-state index contributed by atoms with van der Waals surface area (Å²) in [5, 5.41) is 6.56. The first-order valence-corrected chi connectivity index (χ1v) is 22.1. The number of likely N-dealkylation sites (N-methyl/N-ethyl adjacent to an activating group) is 1. The summed E-state index contributed by atoms with van der Waals surface area (Å²) in [6, 6.07) is 19.0. The van der Waals surface area contributed by atoms with Crippen molar-refractivity contribution in [2.45, 2.75) is 84.7 Å². The average molecular weight is 808 g/mol. The molecule has 2 atom stereocenters. The molecule has 0 spiro atoms. The molecule has 4 aromatic rings. The molecule has 0 bridgehead atoms. The summed E-state index contributed by atoms with van der Waals surface area (Å²) in [5.41, 5.74) is 3.39. The molecule has 3 amide bonds. The molecule has 14 heteroatoms. The van der Waals surface area contributed by atoms with Crippen molar-refractivity contribution >= 4 is 60.7 Å². The van der Waals surface area contributed by atoms with Crippen molar-refractivity contribution in [2.75, 3.05) is 66.7 Å². The van der Waals surface area contributed by atoms with Gasteiger partial charge >= 0.3 is 12.2 Å². The SMILES string of the molecule is CC1CC(N(C(=O)OC(C)(C)C)[Si](C)C(C)(C)C)CN(c2ccncc2NC(=O)c2nc3cc(N4CCN(C)CC4)ccc3cc2NC(=O)OCc2ccccc2)C1. The number of carbonyl (C=O) groups excluding carboxylic acids is 3. The molecule has 2 aliphatic heterocycles. The monoisotopic (exact) mass is 807 g/mol. The summed E-state index contributed by atoms with van der Waals surface area (Å²) < 4.78 is 13.6. The highest BCUT2D eigenvalue weighted by molar-refractivity contribution is 6.60. The van der Waals surface area contributed by atoms with Crippen LogP contribution in [0.1, 0.15) is 70.9 Å². The summed E-state index contributed by atoms with van der Waals surface area (Å²) in [6.07, 6.45) is 3.17. The Morgan fingerprint density at radius 3 is 2.31 bits per heavy atom. The lowest BCUT2D eigenvalue weighted by Crippen LogP contribution is -2.59. The van der Waals surface area contributed by atoms with Crippen LogP contribution in [0.4, 0.5) is 32.3 Å². The molecule has 0 aliphatic carbocycles. The Bertz CT molecular complexity index is 2080. The van der Waals surface area contributed by atoms with Crippen LogP contribution >= 0.6 is 0 Å². The number of anilines is 4. The van der Waals surface area contributed by atoms with Crippen LogP contribution in [0.3, 0.4) is 0 Å². The highest BCUT2D eigenvalue weighted by atomic mass is 28.3. The van der Waals surface area contributed by atoms with Gasteiger partial charge in [0.2, 0.25) is 0 Å². The Morgan fingerprint density at radius 1 is 0.897 bits per heavy atom. The maximum absolute atomic E-state index is 14.5. The molecule has 13 nitrogen and oxygen atoms in total. The Labute approximate surface area is 344 Å². The second-order valence-corrected chi connectivity index (χ2v) is 20.8. The number of hydrogen-bond donors (Lipinski definition) is 2. The highest BCUT2D eigenvalue weighted by Crippen LogP contribution is 2.36. The van der Waals surface area contributed by atoms with E-state index < -0.39 is 26.6 Å². The number of carbonyl (C=O) groups is 3. The number of amides is 3. The zero-order chi connectivity index (χ0) is 41.8. The number of ether oxygens (including phenoxy) is 2. The highest BCUT2D eigenvalue weighted by Gasteiger charge is 2.42. The predicted octanol–water partition coefficient (Wildman–Crippen LogP) is 8.26. The fourth-order valence-electron chi connectivity index (χ4n) is 7.43. The summed E-state index contributed by atoms with van der Waals surface area (Å²) in [4.78, 5) is 57.7. The number of rotatable bonds is 9. The molecule has 6 rings (SSSR count). The van der Waals surface area contributed by atoms with Crippen molar-refractivity contribution in [3.8, 4) is 0 Å². The maximum Gasteiger partial charge on any atom is 0.412 e. The zero-order valence-corrected chi connectivity index (χ0v) is 36.5. The van der Waals surface area contributed by atoms with Gasteiger partial charge in [-0.3, -0.25) is 15.1 Å². The molecule has 309 valence electrons. The second kappa shape index (κ2) is 17.7. The first kappa shape index (κ1) is 42.4. The molecule has 4 heterocycles. The van der Waals surface area contributed by atoms with Crippen LogP contribution in [0.25, 0.3) is 10.9 Å². The van der Waals surface area contributed by atoms with Gasteiger partial charge in [-0.2, -0.15) is 0 Å². The van der Waals surface area contributed by atoms with Gasteiger partial charge in [0.25, 0.3) is 5.91 Å². The maximum atomic E-state index is 14.5. The van der Waals surface area contributed by atoms with E-state index in [4.69, 9.17) is 14.5 Å². The van der Waals surface area contributed by atoms with Gasteiger partial charge in [0.05, 0.1) is 28.8 Å². The number of nitrogens with zero attached hydrogens (tertiary/aromatic N) is 6. The Kier molecular flexibility index (Phi) is 13.0. The minimum Gasteiger partial charge on any atom is -0.444 e. The van der Waals surface area contributed by atoms with Crippen molar-refractivity contribution in [3.63, 3.8) is 0 Å². The quantitative estimate of drug-likeness (QED) is 0.159. The van der Waals surface area contributed by atoms with Gasteiger partial charge in [-0.15, -0.1) is 0 Å². The van der Waals surface area contributed by atoms with Gasteiger partial charge in [0, 0.05) is 62.6 Å². The number of piperazine rings is 1. The third-order valence-electron chi connectivity index (χ3n) is 10.8. The van der Waals surface area contributed by atoms with Crippen LogP contribution in [0.5, 0.6) is 0 Å². The van der Waals surface area contributed by atoms with E-state index in [-0.39, 0.29) is 41.1 Å². The number of fused-ring (bicyclic) bond motifs is 1. The number of pyridine rings is 2. The van der Waals surface area contributed by atoms with Crippen molar-refractivity contribution in [1.82, 2.24) is 19.4 Å². The molecule has 2 aromatic carbocycles. The number of hydrogen-bond acceptors (Lipinski definition) is 10. The fraction of sp³-hybridized carbons (Fsp3) is 0.477. The zero-order valence-electron chi connectivity index (χ0n) is 35.5. The average Bonchev–Trinajstić information content (AvgIpc) is 3.16. The summed E-state index contributed by atoms with van der Waals surface area (Å²) in [6.45, 7) is 21.6. The standard InChI is InChI=1S/C44H59N8O5Si/c1-30-23-34(52(58(9)44(5,6)7)42(55)57-43(2,3)4)28-51(27-30)38-17-18-45-26-37(38)47-40(53)39-36(48-41(54)56-29-31-13-11-10-12-14-31)24-32-15-16-33(25-35(32)46-39)50-21-19-49(8)20-22-50/h10-18,24-26,30,34H,19-23,27-29H2,1-9H3,(H,47,53)(H,48,54). The van der Waals surface area contributed by atoms with E-state index in [1.165, 1.54) is 0 Å². The largest absolute Gasteiger partial charge is 0.444 e. The third-order valence-corrected chi connectivity index (χ3v) is 14.2. The van der Waals surface area contributed by atoms with Crippen molar-refractivity contribution < 1.29 is 23.9 Å². The molecule has 2 unspecified atom stereocenters. The van der Waals surface area contributed by atoms with Gasteiger partial charge in [-0.1, -0.05) is 70.6 Å². The van der Waals surface area contributed by atoms with E-state index in [0.29, 0.717) is 17.7 Å². The molecule has 2 aromatic heterocycles. The lowest BCUT2D eigenvalue weighted by Gasteiger charge is -2.47. The van der Waals surface area contributed by atoms with Gasteiger partial charge in [0.15, 0.2) is 14.7 Å². The van der Waals surface area contributed by atoms with E-state index >= 15 is 0 Å². The van der Waals surface area contributed by atoms with E-state index in [1.54, 1.807) is 18.5 Å². The van der Waals surface area contributed by atoms with Gasteiger partial charge in [0.1, 0.15) is 12.2 Å². The topological polar surface area (TPSA) is 132 Å². The van der Waals surface area contributed by atoms with E-state index in [1.807, 2.05) is 73.9 Å².